The summed E-state index contributed by atoms with van der Waals surface area (Å²) >= 11 is 1.58. The van der Waals surface area contributed by atoms with Gasteiger partial charge in [-0.05, 0) is 31.9 Å². The molecule has 1 aromatic heterocycles. The van der Waals surface area contributed by atoms with Gasteiger partial charge in [0, 0.05) is 23.5 Å². The van der Waals surface area contributed by atoms with Crippen molar-refractivity contribution < 1.29 is 4.79 Å². The standard InChI is InChI=1S/C17H21N3OS.ClH/c1-12-11-14(7-8-18-12)16(21)20-15(17-19-9-10-22-17)13-5-3-2-4-6-13;/h2-6,9-10,12,14-15,18H,7-8,11H2,1H3,(H,20,21);1H/t12-,14-,15?;/m0./s1. The molecular weight excluding hydrogens is 330 g/mol. The van der Waals surface area contributed by atoms with E-state index in [1.165, 1.54) is 0 Å². The zero-order chi connectivity index (χ0) is 15.4. The fraction of sp³-hybridized carbons (Fsp3) is 0.412. The number of hydrogen-bond acceptors (Lipinski definition) is 4. The van der Waals surface area contributed by atoms with Gasteiger partial charge in [0.1, 0.15) is 11.0 Å². The summed E-state index contributed by atoms with van der Waals surface area (Å²) in [6.07, 6.45) is 3.58. The summed E-state index contributed by atoms with van der Waals surface area (Å²) in [6, 6.07) is 10.3. The number of halogens is 1. The maximum atomic E-state index is 12.7. The molecule has 6 heteroatoms. The maximum absolute atomic E-state index is 12.7. The Kier molecular flexibility index (Phi) is 6.57. The number of rotatable bonds is 4. The van der Waals surface area contributed by atoms with Gasteiger partial charge in [-0.2, -0.15) is 0 Å². The van der Waals surface area contributed by atoms with E-state index >= 15 is 0 Å². The molecule has 1 aromatic carbocycles. The summed E-state index contributed by atoms with van der Waals surface area (Å²) in [7, 11) is 0. The van der Waals surface area contributed by atoms with Crippen molar-refractivity contribution in [3.8, 4) is 0 Å². The zero-order valence-corrected chi connectivity index (χ0v) is 14.7. The summed E-state index contributed by atoms with van der Waals surface area (Å²) in [5, 5.41) is 9.48. The van der Waals surface area contributed by atoms with Crippen molar-refractivity contribution in [3.05, 3.63) is 52.5 Å². The Bertz CT molecular complexity index is 606. The molecule has 1 saturated heterocycles. The lowest BCUT2D eigenvalue weighted by Crippen LogP contribution is -2.43. The molecule has 1 amide bonds. The summed E-state index contributed by atoms with van der Waals surface area (Å²) in [6.45, 7) is 3.04. The van der Waals surface area contributed by atoms with Gasteiger partial charge in [-0.1, -0.05) is 30.3 Å². The molecule has 0 bridgehead atoms. The second-order valence-electron chi connectivity index (χ2n) is 5.80. The number of nitrogens with one attached hydrogen (secondary N) is 2. The average molecular weight is 352 g/mol. The highest BCUT2D eigenvalue weighted by Crippen LogP contribution is 2.25. The van der Waals surface area contributed by atoms with Crippen molar-refractivity contribution in [2.45, 2.75) is 31.8 Å². The van der Waals surface area contributed by atoms with Gasteiger partial charge in [-0.15, -0.1) is 23.7 Å². The number of carbonyl (C=O) groups is 1. The molecule has 2 aromatic rings. The smallest absolute Gasteiger partial charge is 0.224 e. The molecule has 4 nitrogen and oxygen atoms in total. The first-order chi connectivity index (χ1) is 10.7. The third kappa shape index (κ3) is 4.53. The average Bonchev–Trinajstić information content (AvgIpc) is 3.07. The van der Waals surface area contributed by atoms with Crippen LogP contribution >= 0.6 is 23.7 Å². The predicted molar refractivity (Wildman–Crippen MR) is 96.0 cm³/mol. The first-order valence-electron chi connectivity index (χ1n) is 7.72. The minimum atomic E-state index is -0.154. The summed E-state index contributed by atoms with van der Waals surface area (Å²) < 4.78 is 0. The van der Waals surface area contributed by atoms with E-state index in [2.05, 4.69) is 22.5 Å². The van der Waals surface area contributed by atoms with Crippen molar-refractivity contribution in [1.82, 2.24) is 15.6 Å². The summed E-state index contributed by atoms with van der Waals surface area (Å²) in [5.74, 6) is 0.222. The molecule has 0 spiro atoms. The molecule has 1 aliphatic rings. The van der Waals surface area contributed by atoms with Crippen LogP contribution in [0.15, 0.2) is 41.9 Å². The van der Waals surface area contributed by atoms with E-state index in [-0.39, 0.29) is 30.3 Å². The predicted octanol–water partition coefficient (Wildman–Crippen LogP) is 3.16. The number of piperidine rings is 1. The molecule has 1 unspecified atom stereocenters. The normalized spacial score (nSPS) is 22.0. The summed E-state index contributed by atoms with van der Waals surface area (Å²) in [4.78, 5) is 17.1. The van der Waals surface area contributed by atoms with Crippen LogP contribution in [-0.4, -0.2) is 23.5 Å². The number of amides is 1. The highest BCUT2D eigenvalue weighted by atomic mass is 35.5. The number of nitrogens with zero attached hydrogens (tertiary/aromatic N) is 1. The molecule has 3 atom stereocenters. The van der Waals surface area contributed by atoms with Crippen molar-refractivity contribution in [1.29, 1.82) is 0 Å². The lowest BCUT2D eigenvalue weighted by atomic mass is 9.92. The minimum Gasteiger partial charge on any atom is -0.342 e. The highest BCUT2D eigenvalue weighted by molar-refractivity contribution is 7.09. The van der Waals surface area contributed by atoms with E-state index in [0.29, 0.717) is 6.04 Å². The Morgan fingerprint density at radius 2 is 2.17 bits per heavy atom. The molecule has 0 radical (unpaired) electrons. The molecule has 0 aliphatic carbocycles. The first kappa shape index (κ1) is 17.9. The minimum absolute atomic E-state index is 0. The molecule has 0 saturated carbocycles. The van der Waals surface area contributed by atoms with E-state index in [1.807, 2.05) is 35.7 Å². The Morgan fingerprint density at radius 1 is 1.39 bits per heavy atom. The fourth-order valence-corrected chi connectivity index (χ4v) is 3.65. The Morgan fingerprint density at radius 3 is 2.83 bits per heavy atom. The SMILES string of the molecule is C[C@H]1C[C@@H](C(=O)NC(c2ccccc2)c2nccs2)CCN1.Cl. The van der Waals surface area contributed by atoms with Gasteiger partial charge in [-0.25, -0.2) is 4.98 Å². The van der Waals surface area contributed by atoms with Crippen molar-refractivity contribution in [3.63, 3.8) is 0 Å². The number of hydrogen-bond donors (Lipinski definition) is 2. The van der Waals surface area contributed by atoms with Gasteiger partial charge in [0.05, 0.1) is 0 Å². The number of carbonyl (C=O) groups excluding carboxylic acids is 1. The first-order valence-corrected chi connectivity index (χ1v) is 8.60. The van der Waals surface area contributed by atoms with Crippen LogP contribution in [0.3, 0.4) is 0 Å². The van der Waals surface area contributed by atoms with Crippen molar-refractivity contribution >= 4 is 29.7 Å². The van der Waals surface area contributed by atoms with Gasteiger partial charge in [0.15, 0.2) is 0 Å². The Hall–Kier alpha value is -1.43. The summed E-state index contributed by atoms with van der Waals surface area (Å²) in [5.41, 5.74) is 1.08. The molecule has 3 rings (SSSR count). The van der Waals surface area contributed by atoms with E-state index < -0.39 is 0 Å². The quantitative estimate of drug-likeness (QED) is 0.889. The van der Waals surface area contributed by atoms with Crippen LogP contribution in [0.25, 0.3) is 0 Å². The van der Waals surface area contributed by atoms with Crippen LogP contribution in [0.2, 0.25) is 0 Å². The monoisotopic (exact) mass is 351 g/mol. The van der Waals surface area contributed by atoms with Crippen LogP contribution in [0.1, 0.15) is 36.4 Å². The number of aromatic nitrogens is 1. The fourth-order valence-electron chi connectivity index (χ4n) is 2.94. The Balaban J connectivity index is 0.00000192. The molecule has 2 heterocycles. The van der Waals surface area contributed by atoms with E-state index in [4.69, 9.17) is 0 Å². The molecular formula is C17H22ClN3OS. The van der Waals surface area contributed by atoms with Gasteiger partial charge >= 0.3 is 0 Å². The van der Waals surface area contributed by atoms with Gasteiger partial charge in [-0.3, -0.25) is 4.79 Å². The third-order valence-electron chi connectivity index (χ3n) is 4.11. The van der Waals surface area contributed by atoms with E-state index in [9.17, 15) is 4.79 Å². The van der Waals surface area contributed by atoms with Crippen molar-refractivity contribution in [2.24, 2.45) is 5.92 Å². The molecule has 1 fully saturated rings. The van der Waals surface area contributed by atoms with Crippen LogP contribution in [-0.2, 0) is 4.79 Å². The third-order valence-corrected chi connectivity index (χ3v) is 4.95. The van der Waals surface area contributed by atoms with Crippen LogP contribution in [0, 0.1) is 5.92 Å². The maximum Gasteiger partial charge on any atom is 0.224 e. The van der Waals surface area contributed by atoms with Gasteiger partial charge in [0.25, 0.3) is 0 Å². The number of benzene rings is 1. The van der Waals surface area contributed by atoms with Crippen LogP contribution < -0.4 is 10.6 Å². The lowest BCUT2D eigenvalue weighted by molar-refractivity contribution is -0.126. The second-order valence-corrected chi connectivity index (χ2v) is 6.73. The zero-order valence-electron chi connectivity index (χ0n) is 13.1. The second kappa shape index (κ2) is 8.43. The molecule has 124 valence electrons. The van der Waals surface area contributed by atoms with Crippen molar-refractivity contribution in [2.75, 3.05) is 6.54 Å². The lowest BCUT2D eigenvalue weighted by Gasteiger charge is -2.28. The van der Waals surface area contributed by atoms with E-state index in [1.54, 1.807) is 17.5 Å². The topological polar surface area (TPSA) is 54.0 Å². The largest absolute Gasteiger partial charge is 0.342 e. The Labute approximate surface area is 147 Å². The van der Waals surface area contributed by atoms with Crippen LogP contribution in [0.4, 0.5) is 0 Å². The van der Waals surface area contributed by atoms with Crippen LogP contribution in [0.5, 0.6) is 0 Å². The highest BCUT2D eigenvalue weighted by Gasteiger charge is 2.28. The van der Waals surface area contributed by atoms with Gasteiger partial charge in [0.2, 0.25) is 5.91 Å². The molecule has 23 heavy (non-hydrogen) atoms. The van der Waals surface area contributed by atoms with E-state index in [0.717, 1.165) is 30.0 Å². The molecule has 1 aliphatic heterocycles. The number of thiazole rings is 1. The molecule has 2 N–H and O–H groups in total. The van der Waals surface area contributed by atoms with Gasteiger partial charge < -0.3 is 10.6 Å².